The molecule has 5 nitrogen and oxygen atoms in total. The zero-order valence-electron chi connectivity index (χ0n) is 13.1. The first-order valence-electron chi connectivity index (χ1n) is 7.34. The Hall–Kier alpha value is -2.43. The molecule has 0 fully saturated rings. The van der Waals surface area contributed by atoms with E-state index in [9.17, 15) is 4.79 Å². The Morgan fingerprint density at radius 1 is 1.32 bits per heavy atom. The predicted molar refractivity (Wildman–Crippen MR) is 84.0 cm³/mol. The lowest BCUT2D eigenvalue weighted by Gasteiger charge is -2.31. The van der Waals surface area contributed by atoms with E-state index < -0.39 is 0 Å². The third-order valence-corrected chi connectivity index (χ3v) is 4.03. The minimum absolute atomic E-state index is 0.308. The standard InChI is InChI=1S/C17H19N3O2/c1-11-4-5-13(17(21)22-3)8-16(11)20-7-6-15-14(10-20)9-18-12(2)19-15/h4-5,8-9H,6-7,10H2,1-3H3. The minimum Gasteiger partial charge on any atom is -0.465 e. The number of fused-ring (bicyclic) bond motifs is 1. The van der Waals surface area contributed by atoms with Gasteiger partial charge in [-0.15, -0.1) is 0 Å². The van der Waals surface area contributed by atoms with E-state index in [1.807, 2.05) is 25.3 Å². The van der Waals surface area contributed by atoms with Gasteiger partial charge in [-0.05, 0) is 31.5 Å². The van der Waals surface area contributed by atoms with Crippen molar-refractivity contribution in [3.05, 3.63) is 52.6 Å². The maximum absolute atomic E-state index is 11.7. The highest BCUT2D eigenvalue weighted by molar-refractivity contribution is 5.90. The average molecular weight is 297 g/mol. The number of hydrogen-bond donors (Lipinski definition) is 0. The highest BCUT2D eigenvalue weighted by Gasteiger charge is 2.20. The molecule has 114 valence electrons. The van der Waals surface area contributed by atoms with E-state index in [1.165, 1.54) is 7.11 Å². The molecule has 2 aromatic rings. The van der Waals surface area contributed by atoms with Crippen molar-refractivity contribution in [2.45, 2.75) is 26.8 Å². The number of methoxy groups -OCH3 is 1. The van der Waals surface area contributed by atoms with E-state index in [4.69, 9.17) is 4.74 Å². The maximum Gasteiger partial charge on any atom is 0.337 e. The number of aromatic nitrogens is 2. The molecule has 1 aliphatic heterocycles. The van der Waals surface area contributed by atoms with Crippen LogP contribution < -0.4 is 4.90 Å². The topological polar surface area (TPSA) is 55.3 Å². The first kappa shape index (κ1) is 14.5. The van der Waals surface area contributed by atoms with Crippen LogP contribution in [0.2, 0.25) is 0 Å². The highest BCUT2D eigenvalue weighted by atomic mass is 16.5. The molecule has 1 aromatic carbocycles. The molecule has 1 aromatic heterocycles. The number of carbonyl (C=O) groups is 1. The summed E-state index contributed by atoms with van der Waals surface area (Å²) in [6, 6.07) is 5.67. The molecule has 0 saturated carbocycles. The summed E-state index contributed by atoms with van der Waals surface area (Å²) in [5.41, 5.74) is 5.07. The summed E-state index contributed by atoms with van der Waals surface area (Å²) in [5, 5.41) is 0. The van der Waals surface area contributed by atoms with Crippen molar-refractivity contribution in [1.82, 2.24) is 9.97 Å². The number of rotatable bonds is 2. The SMILES string of the molecule is COC(=O)c1ccc(C)c(N2CCc3nc(C)ncc3C2)c1. The first-order valence-corrected chi connectivity index (χ1v) is 7.34. The van der Waals surface area contributed by atoms with Crippen LogP contribution in [-0.2, 0) is 17.7 Å². The number of anilines is 1. The first-order chi connectivity index (χ1) is 10.6. The molecule has 0 unspecified atom stereocenters. The number of hydrogen-bond acceptors (Lipinski definition) is 5. The summed E-state index contributed by atoms with van der Waals surface area (Å²) < 4.78 is 4.81. The molecule has 1 aliphatic rings. The number of esters is 1. The summed E-state index contributed by atoms with van der Waals surface area (Å²) in [5.74, 6) is 0.508. The Labute approximate surface area is 130 Å². The Morgan fingerprint density at radius 3 is 2.91 bits per heavy atom. The van der Waals surface area contributed by atoms with Gasteiger partial charge in [-0.25, -0.2) is 14.8 Å². The van der Waals surface area contributed by atoms with Gasteiger partial charge in [-0.3, -0.25) is 0 Å². The second kappa shape index (κ2) is 5.75. The van der Waals surface area contributed by atoms with Crippen molar-refractivity contribution in [1.29, 1.82) is 0 Å². The molecule has 0 radical (unpaired) electrons. The minimum atomic E-state index is -0.308. The Kier molecular flexibility index (Phi) is 3.79. The molecule has 2 heterocycles. The second-order valence-corrected chi connectivity index (χ2v) is 5.55. The fourth-order valence-electron chi connectivity index (χ4n) is 2.82. The fourth-order valence-corrected chi connectivity index (χ4v) is 2.82. The lowest BCUT2D eigenvalue weighted by Crippen LogP contribution is -2.32. The van der Waals surface area contributed by atoms with Crippen LogP contribution in [0.3, 0.4) is 0 Å². The molecule has 22 heavy (non-hydrogen) atoms. The molecule has 0 atom stereocenters. The van der Waals surface area contributed by atoms with Gasteiger partial charge in [-0.1, -0.05) is 6.07 Å². The van der Waals surface area contributed by atoms with Crippen LogP contribution in [0, 0.1) is 13.8 Å². The summed E-state index contributed by atoms with van der Waals surface area (Å²) in [7, 11) is 1.40. The third kappa shape index (κ3) is 2.66. The number of ether oxygens (including phenoxy) is 1. The zero-order valence-corrected chi connectivity index (χ0v) is 13.1. The largest absolute Gasteiger partial charge is 0.465 e. The molecule has 0 bridgehead atoms. The van der Waals surface area contributed by atoms with E-state index in [0.717, 1.165) is 47.8 Å². The van der Waals surface area contributed by atoms with Gasteiger partial charge < -0.3 is 9.64 Å². The highest BCUT2D eigenvalue weighted by Crippen LogP contribution is 2.27. The van der Waals surface area contributed by atoms with Gasteiger partial charge in [0.2, 0.25) is 0 Å². The van der Waals surface area contributed by atoms with Crippen LogP contribution in [0.4, 0.5) is 5.69 Å². The van der Waals surface area contributed by atoms with Gasteiger partial charge in [0.05, 0.1) is 18.4 Å². The van der Waals surface area contributed by atoms with Crippen molar-refractivity contribution >= 4 is 11.7 Å². The molecule has 0 spiro atoms. The van der Waals surface area contributed by atoms with Gasteiger partial charge >= 0.3 is 5.97 Å². The normalized spacial score (nSPS) is 13.7. The van der Waals surface area contributed by atoms with Crippen molar-refractivity contribution in [2.24, 2.45) is 0 Å². The fraction of sp³-hybridized carbons (Fsp3) is 0.353. The lowest BCUT2D eigenvalue weighted by molar-refractivity contribution is 0.0601. The summed E-state index contributed by atoms with van der Waals surface area (Å²) in [4.78, 5) is 22.8. The van der Waals surface area contributed by atoms with Crippen molar-refractivity contribution < 1.29 is 9.53 Å². The second-order valence-electron chi connectivity index (χ2n) is 5.55. The van der Waals surface area contributed by atoms with E-state index in [2.05, 4.69) is 21.8 Å². The van der Waals surface area contributed by atoms with Gasteiger partial charge in [0.1, 0.15) is 5.82 Å². The monoisotopic (exact) mass is 297 g/mol. The van der Waals surface area contributed by atoms with E-state index in [1.54, 1.807) is 6.07 Å². The van der Waals surface area contributed by atoms with Crippen LogP contribution >= 0.6 is 0 Å². The Bertz CT molecular complexity index is 728. The Balaban J connectivity index is 1.92. The van der Waals surface area contributed by atoms with Crippen LogP contribution in [0.15, 0.2) is 24.4 Å². The number of nitrogens with zero attached hydrogens (tertiary/aromatic N) is 3. The molecule has 5 heteroatoms. The van der Waals surface area contributed by atoms with E-state index in [-0.39, 0.29) is 5.97 Å². The van der Waals surface area contributed by atoms with E-state index in [0.29, 0.717) is 5.56 Å². The Morgan fingerprint density at radius 2 is 2.14 bits per heavy atom. The molecule has 0 saturated heterocycles. The smallest absolute Gasteiger partial charge is 0.337 e. The average Bonchev–Trinajstić information content (AvgIpc) is 2.54. The zero-order chi connectivity index (χ0) is 15.7. The number of aryl methyl sites for hydroxylation is 2. The van der Waals surface area contributed by atoms with Crippen LogP contribution in [-0.4, -0.2) is 29.6 Å². The van der Waals surface area contributed by atoms with Crippen molar-refractivity contribution in [3.8, 4) is 0 Å². The third-order valence-electron chi connectivity index (χ3n) is 4.03. The lowest BCUT2D eigenvalue weighted by atomic mass is 10.0. The molecule has 0 aliphatic carbocycles. The molecule has 0 amide bonds. The molecule has 0 N–H and O–H groups in total. The molecular weight excluding hydrogens is 278 g/mol. The van der Waals surface area contributed by atoms with Crippen LogP contribution in [0.5, 0.6) is 0 Å². The van der Waals surface area contributed by atoms with Gasteiger partial charge in [0.25, 0.3) is 0 Å². The maximum atomic E-state index is 11.7. The molecule has 3 rings (SSSR count). The number of carbonyl (C=O) groups excluding carboxylic acids is 1. The van der Waals surface area contributed by atoms with Crippen molar-refractivity contribution in [3.63, 3.8) is 0 Å². The summed E-state index contributed by atoms with van der Waals surface area (Å²) >= 11 is 0. The van der Waals surface area contributed by atoms with E-state index >= 15 is 0 Å². The number of benzene rings is 1. The van der Waals surface area contributed by atoms with Gasteiger partial charge in [-0.2, -0.15) is 0 Å². The summed E-state index contributed by atoms with van der Waals surface area (Å²) in [6.45, 7) is 5.62. The van der Waals surface area contributed by atoms with Gasteiger partial charge in [0, 0.05) is 37.0 Å². The van der Waals surface area contributed by atoms with Crippen molar-refractivity contribution in [2.75, 3.05) is 18.6 Å². The van der Waals surface area contributed by atoms with Crippen LogP contribution in [0.1, 0.15) is 33.0 Å². The van der Waals surface area contributed by atoms with Gasteiger partial charge in [0.15, 0.2) is 0 Å². The van der Waals surface area contributed by atoms with Crippen LogP contribution in [0.25, 0.3) is 0 Å². The predicted octanol–water partition coefficient (Wildman–Crippen LogP) is 2.44. The quantitative estimate of drug-likeness (QED) is 0.797. The summed E-state index contributed by atoms with van der Waals surface area (Å²) in [6.07, 6.45) is 2.80. The molecular formula is C17H19N3O2.